The number of allylic oxidation sites excluding steroid dienone is 5. The van der Waals surface area contributed by atoms with Gasteiger partial charge in [-0.2, -0.15) is 0 Å². The summed E-state index contributed by atoms with van der Waals surface area (Å²) >= 11 is 0. The summed E-state index contributed by atoms with van der Waals surface area (Å²) in [6.07, 6.45) is 9.71. The van der Waals surface area contributed by atoms with Crippen molar-refractivity contribution >= 4 is 8.07 Å². The summed E-state index contributed by atoms with van der Waals surface area (Å²) in [6.45, 7) is 26.0. The van der Waals surface area contributed by atoms with Gasteiger partial charge in [-0.25, -0.2) is 0 Å². The van der Waals surface area contributed by atoms with Gasteiger partial charge in [-0.1, -0.05) is 49.0 Å². The van der Waals surface area contributed by atoms with Gasteiger partial charge < -0.3 is 0 Å². The SMILES string of the molecule is C=CC(C=C)[Si](C=C)(CC)C(C=C)(C=C)C=C. The molecule has 0 aromatic heterocycles. The van der Waals surface area contributed by atoms with Gasteiger partial charge in [0, 0.05) is 5.04 Å². The first-order chi connectivity index (χ1) is 8.07. The van der Waals surface area contributed by atoms with Crippen molar-refractivity contribution in [3.8, 4) is 0 Å². The van der Waals surface area contributed by atoms with E-state index in [0.29, 0.717) is 0 Å². The highest BCUT2D eigenvalue weighted by Gasteiger charge is 2.47. The molecule has 0 aliphatic heterocycles. The summed E-state index contributed by atoms with van der Waals surface area (Å²) in [4.78, 5) is 0. The molecule has 0 saturated carbocycles. The van der Waals surface area contributed by atoms with Crippen LogP contribution in [0.25, 0.3) is 0 Å². The Hall–Kier alpha value is -1.34. The monoisotopic (exact) mass is 244 g/mol. The Balaban J connectivity index is 6.08. The maximum absolute atomic E-state index is 4.05. The van der Waals surface area contributed by atoms with Crippen molar-refractivity contribution in [1.29, 1.82) is 0 Å². The van der Waals surface area contributed by atoms with Gasteiger partial charge >= 0.3 is 0 Å². The molecule has 0 aliphatic rings. The highest BCUT2D eigenvalue weighted by atomic mass is 28.3. The average molecular weight is 244 g/mol. The van der Waals surface area contributed by atoms with Crippen LogP contribution in [0.5, 0.6) is 0 Å². The van der Waals surface area contributed by atoms with E-state index in [-0.39, 0.29) is 10.6 Å². The number of hydrogen-bond donors (Lipinski definition) is 0. The van der Waals surface area contributed by atoms with Crippen molar-refractivity contribution in [3.05, 3.63) is 75.6 Å². The smallest absolute Gasteiger partial charge is 0.106 e. The van der Waals surface area contributed by atoms with Crippen LogP contribution >= 0.6 is 0 Å². The fraction of sp³-hybridized carbons (Fsp3) is 0.250. The zero-order valence-electron chi connectivity index (χ0n) is 11.0. The summed E-state index contributed by atoms with van der Waals surface area (Å²) in [6, 6.07) is 1.02. The van der Waals surface area contributed by atoms with Gasteiger partial charge in [-0.3, -0.25) is 0 Å². The van der Waals surface area contributed by atoms with E-state index in [4.69, 9.17) is 0 Å². The Morgan fingerprint density at radius 1 is 0.941 bits per heavy atom. The summed E-state index contributed by atoms with van der Waals surface area (Å²) in [7, 11) is -1.98. The van der Waals surface area contributed by atoms with Crippen molar-refractivity contribution in [2.45, 2.75) is 23.5 Å². The quantitative estimate of drug-likeness (QED) is 0.385. The van der Waals surface area contributed by atoms with Gasteiger partial charge in [0.05, 0.1) is 0 Å². The molecule has 0 aromatic carbocycles. The Morgan fingerprint density at radius 3 is 1.53 bits per heavy atom. The van der Waals surface area contributed by atoms with E-state index in [9.17, 15) is 0 Å². The van der Waals surface area contributed by atoms with Gasteiger partial charge in [0.2, 0.25) is 0 Å². The Kier molecular flexibility index (Phi) is 5.90. The van der Waals surface area contributed by atoms with Crippen molar-refractivity contribution in [2.75, 3.05) is 0 Å². The second kappa shape index (κ2) is 6.41. The van der Waals surface area contributed by atoms with Crippen LogP contribution in [0.15, 0.2) is 75.6 Å². The van der Waals surface area contributed by atoms with E-state index in [2.05, 4.69) is 52.1 Å². The first-order valence-corrected chi connectivity index (χ1v) is 8.23. The molecule has 17 heavy (non-hydrogen) atoms. The predicted octanol–water partition coefficient (Wildman–Crippen LogP) is 5.22. The molecule has 0 radical (unpaired) electrons. The fourth-order valence-electron chi connectivity index (χ4n) is 2.62. The topological polar surface area (TPSA) is 0 Å². The second-order valence-electron chi connectivity index (χ2n) is 4.14. The third kappa shape index (κ3) is 2.20. The van der Waals surface area contributed by atoms with Crippen LogP contribution in [0.4, 0.5) is 0 Å². The zero-order valence-corrected chi connectivity index (χ0v) is 12.0. The van der Waals surface area contributed by atoms with E-state index in [0.717, 1.165) is 6.04 Å². The van der Waals surface area contributed by atoms with Crippen LogP contribution in [0.1, 0.15) is 6.92 Å². The van der Waals surface area contributed by atoms with Crippen LogP contribution in [-0.2, 0) is 0 Å². The van der Waals surface area contributed by atoms with Crippen LogP contribution in [0, 0.1) is 0 Å². The maximum Gasteiger partial charge on any atom is 0.106 e. The number of rotatable bonds is 9. The second-order valence-corrected chi connectivity index (χ2v) is 8.87. The van der Waals surface area contributed by atoms with E-state index in [1.807, 2.05) is 30.4 Å². The first-order valence-electron chi connectivity index (χ1n) is 5.87. The third-order valence-corrected chi connectivity index (χ3v) is 9.66. The normalized spacial score (nSPS) is 14.5. The van der Waals surface area contributed by atoms with Gasteiger partial charge in [-0.05, 0) is 5.54 Å². The van der Waals surface area contributed by atoms with Crippen molar-refractivity contribution < 1.29 is 0 Å². The number of hydrogen-bond acceptors (Lipinski definition) is 0. The van der Waals surface area contributed by atoms with Gasteiger partial charge in [0.1, 0.15) is 8.07 Å². The van der Waals surface area contributed by atoms with Gasteiger partial charge in [-0.15, -0.1) is 39.5 Å². The molecule has 1 heteroatoms. The molecule has 1 atom stereocenters. The molecular formula is C16H24Si. The average Bonchev–Trinajstić information content (AvgIpc) is 2.40. The van der Waals surface area contributed by atoms with Gasteiger partial charge in [0.25, 0.3) is 0 Å². The van der Waals surface area contributed by atoms with Gasteiger partial charge in [0.15, 0.2) is 0 Å². The molecule has 92 valence electrons. The minimum absolute atomic E-state index is 0.235. The molecule has 0 aliphatic carbocycles. The molecule has 0 spiro atoms. The molecule has 0 fully saturated rings. The van der Waals surface area contributed by atoms with Crippen molar-refractivity contribution in [2.24, 2.45) is 0 Å². The van der Waals surface area contributed by atoms with Crippen LogP contribution in [0.3, 0.4) is 0 Å². The van der Waals surface area contributed by atoms with Crippen molar-refractivity contribution in [1.82, 2.24) is 0 Å². The predicted molar refractivity (Wildman–Crippen MR) is 83.9 cm³/mol. The molecular weight excluding hydrogens is 220 g/mol. The lowest BCUT2D eigenvalue weighted by Crippen LogP contribution is -2.46. The zero-order chi connectivity index (χ0) is 13.5. The molecule has 0 bridgehead atoms. The lowest BCUT2D eigenvalue weighted by molar-refractivity contribution is 0.973. The minimum Gasteiger partial charge on any atom is -0.107 e. The third-order valence-electron chi connectivity index (χ3n) is 3.87. The Bertz CT molecular complexity index is 308. The molecule has 0 nitrogen and oxygen atoms in total. The van der Waals surface area contributed by atoms with E-state index < -0.39 is 8.07 Å². The molecule has 0 aromatic rings. The summed E-state index contributed by atoms with van der Waals surface area (Å²) in [5, 5.41) is -0.267. The van der Waals surface area contributed by atoms with E-state index in [1.54, 1.807) is 0 Å². The standard InChI is InChI=1S/C16H24Si/c1-8-15(9-2)17(13-6,14-7)16(10-3,11-4)12-5/h8-13,15H,1-6,14H2,7H3. The molecule has 0 N–H and O–H groups in total. The van der Waals surface area contributed by atoms with E-state index in [1.165, 1.54) is 0 Å². The highest BCUT2D eigenvalue weighted by molar-refractivity contribution is 6.90. The summed E-state index contributed by atoms with van der Waals surface area (Å²) in [5.41, 5.74) is 2.32. The van der Waals surface area contributed by atoms with Crippen LogP contribution in [0.2, 0.25) is 16.6 Å². The summed E-state index contributed by atoms with van der Waals surface area (Å²) < 4.78 is 0. The van der Waals surface area contributed by atoms with E-state index >= 15 is 0 Å². The van der Waals surface area contributed by atoms with Crippen molar-refractivity contribution in [3.63, 3.8) is 0 Å². The molecule has 0 heterocycles. The van der Waals surface area contributed by atoms with Crippen LogP contribution in [-0.4, -0.2) is 8.07 Å². The molecule has 0 amide bonds. The fourth-order valence-corrected chi connectivity index (χ4v) is 7.18. The molecule has 0 rings (SSSR count). The molecule has 1 unspecified atom stereocenters. The lowest BCUT2D eigenvalue weighted by Gasteiger charge is -2.45. The lowest BCUT2D eigenvalue weighted by atomic mass is 10.1. The largest absolute Gasteiger partial charge is 0.107 e. The Labute approximate surface area is 107 Å². The minimum atomic E-state index is -1.98. The Morgan fingerprint density at radius 2 is 1.35 bits per heavy atom. The molecule has 0 saturated heterocycles. The maximum atomic E-state index is 4.05. The highest BCUT2D eigenvalue weighted by Crippen LogP contribution is 2.51. The van der Waals surface area contributed by atoms with Crippen LogP contribution < -0.4 is 0 Å². The first kappa shape index (κ1) is 15.7. The summed E-state index contributed by atoms with van der Waals surface area (Å²) in [5.74, 6) is 0.